The van der Waals surface area contributed by atoms with Gasteiger partial charge in [-0.05, 0) is 32.0 Å². The fraction of sp³-hybridized carbons (Fsp3) is 0.273. The zero-order chi connectivity index (χ0) is 11.9. The van der Waals surface area contributed by atoms with Crippen molar-refractivity contribution in [2.45, 2.75) is 19.4 Å². The van der Waals surface area contributed by atoms with Crippen LogP contribution in [0.5, 0.6) is 0 Å². The van der Waals surface area contributed by atoms with Gasteiger partial charge in [0.15, 0.2) is 0 Å². The number of rotatable bonds is 1. The molecule has 0 aliphatic carbocycles. The number of halogens is 1. The van der Waals surface area contributed by atoms with E-state index in [0.29, 0.717) is 5.69 Å². The summed E-state index contributed by atoms with van der Waals surface area (Å²) in [6.45, 7) is 3.22. The number of anilines is 1. The quantitative estimate of drug-likeness (QED) is 0.734. The molecule has 1 saturated heterocycles. The van der Waals surface area contributed by atoms with Crippen molar-refractivity contribution in [3.8, 4) is 0 Å². The first-order valence-corrected chi connectivity index (χ1v) is 4.84. The van der Waals surface area contributed by atoms with Gasteiger partial charge in [-0.15, -0.1) is 0 Å². The van der Waals surface area contributed by atoms with Crippen LogP contribution in [0.2, 0.25) is 0 Å². The molecule has 1 aromatic carbocycles. The number of benzene rings is 1. The van der Waals surface area contributed by atoms with Crippen molar-refractivity contribution in [2.24, 2.45) is 0 Å². The van der Waals surface area contributed by atoms with Gasteiger partial charge in [0.05, 0.1) is 0 Å². The lowest BCUT2D eigenvalue weighted by Crippen LogP contribution is -2.44. The average Bonchev–Trinajstić information content (AvgIpc) is 2.36. The van der Waals surface area contributed by atoms with E-state index in [2.05, 4.69) is 5.32 Å². The predicted octanol–water partition coefficient (Wildman–Crippen LogP) is 1.66. The maximum atomic E-state index is 13.1. The largest absolute Gasteiger partial charge is 0.329 e. The summed E-state index contributed by atoms with van der Waals surface area (Å²) in [6.07, 6.45) is 0. The van der Waals surface area contributed by atoms with Crippen molar-refractivity contribution in [2.75, 3.05) is 4.90 Å². The highest BCUT2D eigenvalue weighted by molar-refractivity contribution is 6.16. The first-order valence-electron chi connectivity index (χ1n) is 4.84. The molecular formula is C11H11FN2O2. The smallest absolute Gasteiger partial charge is 0.279 e. The Balaban J connectivity index is 2.48. The van der Waals surface area contributed by atoms with Crippen LogP contribution in [0.25, 0.3) is 0 Å². The summed E-state index contributed by atoms with van der Waals surface area (Å²) in [6, 6.07) is 5.06. The molecule has 4 nitrogen and oxygen atoms in total. The van der Waals surface area contributed by atoms with Gasteiger partial charge in [-0.1, -0.05) is 6.07 Å². The van der Waals surface area contributed by atoms with Crippen LogP contribution in [0.4, 0.5) is 14.9 Å². The number of carbonyl (C=O) groups excluding carboxylic acids is 2. The van der Waals surface area contributed by atoms with Gasteiger partial charge in [-0.2, -0.15) is 0 Å². The maximum absolute atomic E-state index is 13.1. The van der Waals surface area contributed by atoms with Gasteiger partial charge in [-0.3, -0.25) is 15.0 Å². The summed E-state index contributed by atoms with van der Waals surface area (Å²) in [5, 5.41) is 2.20. The highest BCUT2D eigenvalue weighted by Crippen LogP contribution is 2.28. The molecule has 1 fully saturated rings. The minimum atomic E-state index is -0.995. The molecule has 16 heavy (non-hydrogen) atoms. The molecule has 1 heterocycles. The second-order valence-electron chi connectivity index (χ2n) is 4.13. The van der Waals surface area contributed by atoms with Crippen LogP contribution in [0.1, 0.15) is 13.8 Å². The molecule has 84 valence electrons. The van der Waals surface area contributed by atoms with Crippen molar-refractivity contribution in [1.82, 2.24) is 5.32 Å². The van der Waals surface area contributed by atoms with E-state index in [-0.39, 0.29) is 5.91 Å². The fourth-order valence-electron chi connectivity index (χ4n) is 1.72. The minimum absolute atomic E-state index is 0.369. The summed E-state index contributed by atoms with van der Waals surface area (Å²) < 4.78 is 13.1. The molecule has 1 aromatic rings. The Morgan fingerprint density at radius 2 is 2.00 bits per heavy atom. The SMILES string of the molecule is CC1(C)C(=O)NC(=O)N1c1cccc(F)c1. The molecule has 0 unspecified atom stereocenters. The Labute approximate surface area is 92.0 Å². The Morgan fingerprint density at radius 1 is 1.31 bits per heavy atom. The highest BCUT2D eigenvalue weighted by Gasteiger charge is 2.46. The molecular weight excluding hydrogens is 211 g/mol. The molecule has 1 aliphatic heterocycles. The Kier molecular flexibility index (Phi) is 2.18. The van der Waals surface area contributed by atoms with E-state index < -0.39 is 17.4 Å². The van der Waals surface area contributed by atoms with Crippen LogP contribution in [0.15, 0.2) is 24.3 Å². The van der Waals surface area contributed by atoms with Crippen LogP contribution >= 0.6 is 0 Å². The lowest BCUT2D eigenvalue weighted by molar-refractivity contribution is -0.122. The van der Waals surface area contributed by atoms with E-state index in [9.17, 15) is 14.0 Å². The molecule has 1 aliphatic rings. The summed E-state index contributed by atoms with van der Waals surface area (Å²) in [7, 11) is 0. The molecule has 1 N–H and O–H groups in total. The van der Waals surface area contributed by atoms with Crippen molar-refractivity contribution >= 4 is 17.6 Å². The van der Waals surface area contributed by atoms with Gasteiger partial charge in [0, 0.05) is 5.69 Å². The Bertz CT molecular complexity index is 471. The van der Waals surface area contributed by atoms with E-state index in [1.165, 1.54) is 23.1 Å². The second-order valence-corrected chi connectivity index (χ2v) is 4.13. The third-order valence-corrected chi connectivity index (χ3v) is 2.60. The molecule has 0 atom stereocenters. The number of carbonyl (C=O) groups is 2. The molecule has 0 saturated carbocycles. The Morgan fingerprint density at radius 3 is 2.50 bits per heavy atom. The predicted molar refractivity (Wildman–Crippen MR) is 56.5 cm³/mol. The topological polar surface area (TPSA) is 49.4 Å². The molecule has 0 radical (unpaired) electrons. The molecule has 5 heteroatoms. The molecule has 0 spiro atoms. The average molecular weight is 222 g/mol. The molecule has 0 bridgehead atoms. The van der Waals surface area contributed by atoms with Gasteiger partial charge in [0.1, 0.15) is 11.4 Å². The van der Waals surface area contributed by atoms with E-state index in [4.69, 9.17) is 0 Å². The van der Waals surface area contributed by atoms with E-state index >= 15 is 0 Å². The van der Waals surface area contributed by atoms with Gasteiger partial charge < -0.3 is 0 Å². The summed E-state index contributed by atoms with van der Waals surface area (Å²) >= 11 is 0. The maximum Gasteiger partial charge on any atom is 0.329 e. The third-order valence-electron chi connectivity index (χ3n) is 2.60. The van der Waals surface area contributed by atoms with Crippen LogP contribution < -0.4 is 10.2 Å². The summed E-state index contributed by atoms with van der Waals surface area (Å²) in [5.74, 6) is -0.831. The lowest BCUT2D eigenvalue weighted by Gasteiger charge is -2.27. The molecule has 0 aromatic heterocycles. The van der Waals surface area contributed by atoms with Gasteiger partial charge in [0.25, 0.3) is 5.91 Å². The van der Waals surface area contributed by atoms with Crippen LogP contribution in [0.3, 0.4) is 0 Å². The zero-order valence-corrected chi connectivity index (χ0v) is 8.95. The number of nitrogens with zero attached hydrogens (tertiary/aromatic N) is 1. The third kappa shape index (κ3) is 1.44. The summed E-state index contributed by atoms with van der Waals surface area (Å²) in [4.78, 5) is 24.3. The lowest BCUT2D eigenvalue weighted by atomic mass is 10.0. The number of nitrogens with one attached hydrogen (secondary N) is 1. The first-order chi connectivity index (χ1) is 7.43. The normalized spacial score (nSPS) is 18.8. The fourth-order valence-corrected chi connectivity index (χ4v) is 1.72. The van der Waals surface area contributed by atoms with Crippen molar-refractivity contribution < 1.29 is 14.0 Å². The van der Waals surface area contributed by atoms with Crippen LogP contribution in [0, 0.1) is 5.82 Å². The van der Waals surface area contributed by atoms with Crippen molar-refractivity contribution in [3.05, 3.63) is 30.1 Å². The second kappa shape index (κ2) is 3.30. The van der Waals surface area contributed by atoms with E-state index in [0.717, 1.165) is 0 Å². The van der Waals surface area contributed by atoms with Gasteiger partial charge >= 0.3 is 6.03 Å². The minimum Gasteiger partial charge on any atom is -0.279 e. The van der Waals surface area contributed by atoms with Gasteiger partial charge in [-0.25, -0.2) is 9.18 Å². The zero-order valence-electron chi connectivity index (χ0n) is 8.95. The number of amides is 3. The monoisotopic (exact) mass is 222 g/mol. The number of hydrogen-bond donors (Lipinski definition) is 1. The standard InChI is InChI=1S/C11H11FN2O2/c1-11(2)9(15)13-10(16)14(11)8-5-3-4-7(12)6-8/h3-6H,1-2H3,(H,13,15,16). The highest BCUT2D eigenvalue weighted by atomic mass is 19.1. The Hall–Kier alpha value is -1.91. The van der Waals surface area contributed by atoms with Crippen molar-refractivity contribution in [1.29, 1.82) is 0 Å². The van der Waals surface area contributed by atoms with Gasteiger partial charge in [0.2, 0.25) is 0 Å². The van der Waals surface area contributed by atoms with Crippen LogP contribution in [-0.2, 0) is 4.79 Å². The number of urea groups is 1. The van der Waals surface area contributed by atoms with Crippen molar-refractivity contribution in [3.63, 3.8) is 0 Å². The van der Waals surface area contributed by atoms with E-state index in [1.807, 2.05) is 0 Å². The molecule has 3 amide bonds. The summed E-state index contributed by atoms with van der Waals surface area (Å²) in [5.41, 5.74) is -0.626. The van der Waals surface area contributed by atoms with E-state index in [1.54, 1.807) is 19.9 Å². The molecule has 2 rings (SSSR count). The first kappa shape index (κ1) is 10.6. The van der Waals surface area contributed by atoms with Crippen LogP contribution in [-0.4, -0.2) is 17.5 Å². The number of hydrogen-bond acceptors (Lipinski definition) is 2. The number of imide groups is 1.